The Morgan fingerprint density at radius 1 is 1.12 bits per heavy atom. The van der Waals surface area contributed by atoms with Gasteiger partial charge in [0.05, 0.1) is 31.2 Å². The molecule has 1 aliphatic heterocycles. The number of para-hydroxylation sites is 3. The van der Waals surface area contributed by atoms with Crippen LogP contribution in [0, 0.1) is 5.92 Å². The first kappa shape index (κ1) is 22.4. The highest BCUT2D eigenvalue weighted by Crippen LogP contribution is 2.34. The van der Waals surface area contributed by atoms with Gasteiger partial charge in [-0.1, -0.05) is 37.3 Å². The monoisotopic (exact) mass is 460 g/mol. The number of nitrogens with zero attached hydrogens (tertiary/aromatic N) is 3. The number of amides is 2. The fraction of sp³-hybridized carbons (Fsp3) is 0.444. The number of aromatic nitrogens is 2. The van der Waals surface area contributed by atoms with E-state index < -0.39 is 5.54 Å². The smallest absolute Gasteiger partial charge is 0.291 e. The second-order valence-electron chi connectivity index (χ2n) is 9.92. The van der Waals surface area contributed by atoms with E-state index >= 15 is 0 Å². The number of benzene rings is 2. The Balaban J connectivity index is 1.54. The summed E-state index contributed by atoms with van der Waals surface area (Å²) in [6.07, 6.45) is 4.18. The molecule has 0 unspecified atom stereocenters. The third-order valence-electron chi connectivity index (χ3n) is 7.51. The van der Waals surface area contributed by atoms with Crippen LogP contribution in [0.5, 0.6) is 5.75 Å². The second-order valence-corrected chi connectivity index (χ2v) is 9.92. The lowest BCUT2D eigenvalue weighted by molar-refractivity contribution is -0.134. The SMILES string of the molecule is COc1ccccc1CN1C(=O)c2nc3ccccc3n2C[C@]1(C)C(=O)NC1CCC(C)CC1. The summed E-state index contributed by atoms with van der Waals surface area (Å²) in [7, 11) is 1.62. The molecule has 1 aromatic heterocycles. The summed E-state index contributed by atoms with van der Waals surface area (Å²) >= 11 is 0. The van der Waals surface area contributed by atoms with Gasteiger partial charge in [-0.2, -0.15) is 0 Å². The summed E-state index contributed by atoms with van der Waals surface area (Å²) in [5, 5.41) is 3.29. The van der Waals surface area contributed by atoms with E-state index in [4.69, 9.17) is 4.74 Å². The highest BCUT2D eigenvalue weighted by Gasteiger charge is 2.49. The predicted molar refractivity (Wildman–Crippen MR) is 131 cm³/mol. The number of carbonyl (C=O) groups is 2. The van der Waals surface area contributed by atoms with Crippen LogP contribution in [0.2, 0.25) is 0 Å². The number of hydrogen-bond acceptors (Lipinski definition) is 4. The van der Waals surface area contributed by atoms with Gasteiger partial charge in [0.2, 0.25) is 5.91 Å². The van der Waals surface area contributed by atoms with E-state index in [1.165, 1.54) is 0 Å². The largest absolute Gasteiger partial charge is 0.496 e. The van der Waals surface area contributed by atoms with Gasteiger partial charge in [-0.25, -0.2) is 4.98 Å². The van der Waals surface area contributed by atoms with Crippen LogP contribution >= 0.6 is 0 Å². The molecule has 2 aromatic carbocycles. The molecule has 7 heteroatoms. The summed E-state index contributed by atoms with van der Waals surface area (Å²) < 4.78 is 7.44. The van der Waals surface area contributed by atoms with Gasteiger partial charge in [0.1, 0.15) is 11.3 Å². The summed E-state index contributed by atoms with van der Waals surface area (Å²) in [4.78, 5) is 34.0. The molecule has 1 N–H and O–H groups in total. The zero-order chi connectivity index (χ0) is 23.9. The summed E-state index contributed by atoms with van der Waals surface area (Å²) in [5.74, 6) is 1.40. The van der Waals surface area contributed by atoms with E-state index in [9.17, 15) is 9.59 Å². The highest BCUT2D eigenvalue weighted by atomic mass is 16.5. The minimum Gasteiger partial charge on any atom is -0.496 e. The van der Waals surface area contributed by atoms with Crippen molar-refractivity contribution < 1.29 is 14.3 Å². The van der Waals surface area contributed by atoms with Gasteiger partial charge in [-0.3, -0.25) is 9.59 Å². The lowest BCUT2D eigenvalue weighted by Gasteiger charge is -2.44. The number of rotatable bonds is 5. The maximum Gasteiger partial charge on any atom is 0.291 e. The molecular weight excluding hydrogens is 428 g/mol. The van der Waals surface area contributed by atoms with E-state index in [2.05, 4.69) is 17.2 Å². The Labute approximate surface area is 200 Å². The molecule has 34 heavy (non-hydrogen) atoms. The van der Waals surface area contributed by atoms with Gasteiger partial charge in [-0.15, -0.1) is 0 Å². The molecular formula is C27H32N4O3. The van der Waals surface area contributed by atoms with Gasteiger partial charge in [-0.05, 0) is 56.7 Å². The molecule has 2 aliphatic rings. The maximum atomic E-state index is 13.9. The Morgan fingerprint density at radius 3 is 2.59 bits per heavy atom. The number of ether oxygens (including phenoxy) is 1. The van der Waals surface area contributed by atoms with Crippen molar-refractivity contribution in [1.82, 2.24) is 19.8 Å². The average molecular weight is 461 g/mol. The molecule has 0 saturated heterocycles. The third kappa shape index (κ3) is 3.83. The van der Waals surface area contributed by atoms with Crippen molar-refractivity contribution in [2.45, 2.75) is 64.2 Å². The first-order valence-electron chi connectivity index (χ1n) is 12.1. The predicted octanol–water partition coefficient (Wildman–Crippen LogP) is 4.15. The number of nitrogens with one attached hydrogen (secondary N) is 1. The summed E-state index contributed by atoms with van der Waals surface area (Å²) in [6, 6.07) is 15.5. The lowest BCUT2D eigenvalue weighted by Crippen LogP contribution is -2.64. The lowest BCUT2D eigenvalue weighted by atomic mass is 9.86. The molecule has 5 rings (SSSR count). The molecule has 2 heterocycles. The quantitative estimate of drug-likeness (QED) is 0.621. The van der Waals surface area contributed by atoms with Gasteiger partial charge < -0.3 is 19.5 Å². The Hall–Kier alpha value is -3.35. The molecule has 1 atom stereocenters. The van der Waals surface area contributed by atoms with Crippen LogP contribution in [0.15, 0.2) is 48.5 Å². The van der Waals surface area contributed by atoms with E-state index in [1.54, 1.807) is 12.0 Å². The van der Waals surface area contributed by atoms with Gasteiger partial charge in [0.15, 0.2) is 5.82 Å². The fourth-order valence-electron chi connectivity index (χ4n) is 5.33. The zero-order valence-corrected chi connectivity index (χ0v) is 20.1. The van der Waals surface area contributed by atoms with Crippen molar-refractivity contribution >= 4 is 22.8 Å². The minimum absolute atomic E-state index is 0.112. The normalized spacial score (nSPS) is 24.7. The minimum atomic E-state index is -1.07. The number of hydrogen-bond donors (Lipinski definition) is 1. The molecule has 0 bridgehead atoms. The Bertz CT molecular complexity index is 1230. The van der Waals surface area contributed by atoms with Crippen LogP contribution in [0.3, 0.4) is 0 Å². The highest BCUT2D eigenvalue weighted by molar-refractivity contribution is 6.01. The Morgan fingerprint density at radius 2 is 1.82 bits per heavy atom. The van der Waals surface area contributed by atoms with Crippen LogP contribution in [0.4, 0.5) is 0 Å². The Kier molecular flexibility index (Phi) is 5.80. The van der Waals surface area contributed by atoms with Crippen LogP contribution in [-0.4, -0.2) is 45.0 Å². The molecule has 0 spiro atoms. The standard InChI is InChI=1S/C27H32N4O3/c1-18-12-14-20(15-13-18)28-26(33)27(2)17-30-22-10-6-5-9-21(22)29-24(30)25(32)31(27)16-19-8-4-7-11-23(19)34-3/h4-11,18,20H,12-17H2,1-3H3,(H,28,33)/t18?,20?,27-/m1/s1. The third-order valence-corrected chi connectivity index (χ3v) is 7.51. The number of carbonyl (C=O) groups excluding carboxylic acids is 2. The molecule has 1 saturated carbocycles. The molecule has 1 aliphatic carbocycles. The molecule has 178 valence electrons. The van der Waals surface area contributed by atoms with Gasteiger partial charge >= 0.3 is 0 Å². The van der Waals surface area contributed by atoms with E-state index in [0.717, 1.165) is 42.3 Å². The fourth-order valence-corrected chi connectivity index (χ4v) is 5.33. The molecule has 7 nitrogen and oxygen atoms in total. The van der Waals surface area contributed by atoms with E-state index in [1.807, 2.05) is 60.0 Å². The van der Waals surface area contributed by atoms with E-state index in [0.29, 0.717) is 24.0 Å². The topological polar surface area (TPSA) is 76.5 Å². The second kappa shape index (κ2) is 8.78. The molecule has 0 radical (unpaired) electrons. The molecule has 1 fully saturated rings. The van der Waals surface area contributed by atoms with Crippen LogP contribution in [0.1, 0.15) is 55.7 Å². The van der Waals surface area contributed by atoms with E-state index in [-0.39, 0.29) is 24.4 Å². The van der Waals surface area contributed by atoms with Crippen molar-refractivity contribution in [2.75, 3.05) is 7.11 Å². The van der Waals surface area contributed by atoms with Crippen molar-refractivity contribution in [3.8, 4) is 5.75 Å². The maximum absolute atomic E-state index is 13.9. The van der Waals surface area contributed by atoms with Crippen molar-refractivity contribution in [3.63, 3.8) is 0 Å². The first-order valence-corrected chi connectivity index (χ1v) is 12.1. The number of methoxy groups -OCH3 is 1. The zero-order valence-electron chi connectivity index (χ0n) is 20.1. The van der Waals surface area contributed by atoms with Crippen molar-refractivity contribution in [1.29, 1.82) is 0 Å². The van der Waals surface area contributed by atoms with Crippen molar-refractivity contribution in [3.05, 3.63) is 59.9 Å². The van der Waals surface area contributed by atoms with Crippen LogP contribution in [0.25, 0.3) is 11.0 Å². The van der Waals surface area contributed by atoms with Crippen LogP contribution in [-0.2, 0) is 17.9 Å². The van der Waals surface area contributed by atoms with Crippen LogP contribution < -0.4 is 10.1 Å². The molecule has 3 aromatic rings. The van der Waals surface area contributed by atoms with Gasteiger partial charge in [0, 0.05) is 11.6 Å². The molecule has 2 amide bonds. The van der Waals surface area contributed by atoms with Gasteiger partial charge in [0.25, 0.3) is 5.91 Å². The summed E-state index contributed by atoms with van der Waals surface area (Å²) in [6.45, 7) is 4.75. The van der Waals surface area contributed by atoms with Crippen molar-refractivity contribution in [2.24, 2.45) is 5.92 Å². The summed E-state index contributed by atoms with van der Waals surface area (Å²) in [5.41, 5.74) is 1.41. The number of imidazole rings is 1. The number of fused-ring (bicyclic) bond motifs is 3. The first-order chi connectivity index (χ1) is 16.4. The average Bonchev–Trinajstić information content (AvgIpc) is 3.22.